The van der Waals surface area contributed by atoms with Crippen molar-refractivity contribution in [3.8, 4) is 11.4 Å². The Morgan fingerprint density at radius 3 is 2.54 bits per heavy atom. The SMILES string of the molecule is Cc1ccc2c(oc3ccccc32)c1-c1nc2ccccc2n1C. The summed E-state index contributed by atoms with van der Waals surface area (Å²) in [6.07, 6.45) is 0. The monoisotopic (exact) mass is 312 g/mol. The van der Waals surface area contributed by atoms with Crippen LogP contribution in [-0.4, -0.2) is 9.55 Å². The zero-order chi connectivity index (χ0) is 16.3. The van der Waals surface area contributed by atoms with Gasteiger partial charge >= 0.3 is 0 Å². The highest BCUT2D eigenvalue weighted by molar-refractivity contribution is 6.10. The summed E-state index contributed by atoms with van der Waals surface area (Å²) in [7, 11) is 2.06. The summed E-state index contributed by atoms with van der Waals surface area (Å²) in [5.74, 6) is 0.943. The highest BCUT2D eigenvalue weighted by Gasteiger charge is 2.18. The van der Waals surface area contributed by atoms with Crippen LogP contribution in [0.1, 0.15) is 5.56 Å². The maximum absolute atomic E-state index is 6.22. The molecular weight excluding hydrogens is 296 g/mol. The Bertz CT molecular complexity index is 1230. The van der Waals surface area contributed by atoms with Crippen LogP contribution in [0.25, 0.3) is 44.4 Å². The van der Waals surface area contributed by atoms with Gasteiger partial charge in [-0.2, -0.15) is 0 Å². The molecule has 2 heterocycles. The van der Waals surface area contributed by atoms with Crippen LogP contribution in [0.15, 0.2) is 65.1 Å². The molecule has 3 aromatic carbocycles. The Balaban J connectivity index is 1.94. The molecule has 0 saturated heterocycles. The lowest BCUT2D eigenvalue weighted by Gasteiger charge is -2.07. The van der Waals surface area contributed by atoms with E-state index in [9.17, 15) is 0 Å². The van der Waals surface area contributed by atoms with Gasteiger partial charge in [-0.05, 0) is 30.7 Å². The van der Waals surface area contributed by atoms with Crippen molar-refractivity contribution in [1.82, 2.24) is 9.55 Å². The lowest BCUT2D eigenvalue weighted by molar-refractivity contribution is 0.669. The third kappa shape index (κ3) is 1.69. The second-order valence-corrected chi connectivity index (χ2v) is 6.22. The quantitative estimate of drug-likeness (QED) is 0.412. The normalized spacial score (nSPS) is 11.8. The van der Waals surface area contributed by atoms with Gasteiger partial charge in [0.05, 0.1) is 16.6 Å². The first-order chi connectivity index (χ1) is 11.7. The number of nitrogens with zero attached hydrogens (tertiary/aromatic N) is 2. The van der Waals surface area contributed by atoms with Crippen LogP contribution in [0, 0.1) is 6.92 Å². The molecule has 116 valence electrons. The van der Waals surface area contributed by atoms with Crippen LogP contribution in [0.5, 0.6) is 0 Å². The average molecular weight is 312 g/mol. The van der Waals surface area contributed by atoms with E-state index in [0.717, 1.165) is 44.4 Å². The zero-order valence-electron chi connectivity index (χ0n) is 13.6. The van der Waals surface area contributed by atoms with Gasteiger partial charge in [-0.25, -0.2) is 4.98 Å². The summed E-state index contributed by atoms with van der Waals surface area (Å²) >= 11 is 0. The Kier molecular flexibility index (Phi) is 2.63. The number of rotatable bonds is 1. The average Bonchev–Trinajstić information content (AvgIpc) is 3.13. The molecule has 0 aliphatic rings. The van der Waals surface area contributed by atoms with Crippen molar-refractivity contribution >= 4 is 33.0 Å². The molecule has 2 aromatic heterocycles. The summed E-state index contributed by atoms with van der Waals surface area (Å²) < 4.78 is 8.36. The fourth-order valence-corrected chi connectivity index (χ4v) is 3.53. The number of fused-ring (bicyclic) bond motifs is 4. The predicted molar refractivity (Wildman–Crippen MR) is 98.2 cm³/mol. The van der Waals surface area contributed by atoms with E-state index in [-0.39, 0.29) is 0 Å². The largest absolute Gasteiger partial charge is 0.455 e. The summed E-state index contributed by atoms with van der Waals surface area (Å²) in [5.41, 5.74) is 6.19. The van der Waals surface area contributed by atoms with Crippen LogP contribution in [-0.2, 0) is 7.05 Å². The van der Waals surface area contributed by atoms with E-state index in [1.165, 1.54) is 5.56 Å². The maximum atomic E-state index is 6.22. The number of aryl methyl sites for hydroxylation is 2. The zero-order valence-corrected chi connectivity index (χ0v) is 13.6. The molecule has 0 fully saturated rings. The molecule has 0 amide bonds. The maximum Gasteiger partial charge on any atom is 0.146 e. The Labute approximate surface area is 139 Å². The Morgan fingerprint density at radius 1 is 0.875 bits per heavy atom. The van der Waals surface area contributed by atoms with Crippen LogP contribution in [0.4, 0.5) is 0 Å². The highest BCUT2D eigenvalue weighted by Crippen LogP contribution is 2.38. The third-order valence-electron chi connectivity index (χ3n) is 4.77. The van der Waals surface area contributed by atoms with Crippen molar-refractivity contribution in [2.45, 2.75) is 6.92 Å². The van der Waals surface area contributed by atoms with Crippen molar-refractivity contribution in [2.24, 2.45) is 7.05 Å². The number of hydrogen-bond acceptors (Lipinski definition) is 2. The van der Waals surface area contributed by atoms with Gasteiger partial charge in [0.25, 0.3) is 0 Å². The van der Waals surface area contributed by atoms with E-state index in [0.29, 0.717) is 0 Å². The number of furan rings is 1. The molecule has 0 bridgehead atoms. The first-order valence-corrected chi connectivity index (χ1v) is 8.07. The Morgan fingerprint density at radius 2 is 1.67 bits per heavy atom. The van der Waals surface area contributed by atoms with Crippen LogP contribution < -0.4 is 0 Å². The summed E-state index contributed by atoms with van der Waals surface area (Å²) in [4.78, 5) is 4.87. The van der Waals surface area contributed by atoms with Crippen molar-refractivity contribution in [2.75, 3.05) is 0 Å². The van der Waals surface area contributed by atoms with Crippen molar-refractivity contribution in [3.63, 3.8) is 0 Å². The van der Waals surface area contributed by atoms with Gasteiger partial charge in [0.1, 0.15) is 17.0 Å². The molecule has 5 rings (SSSR count). The fraction of sp³-hybridized carbons (Fsp3) is 0.0952. The van der Waals surface area contributed by atoms with Gasteiger partial charge in [0, 0.05) is 17.8 Å². The molecule has 0 aliphatic carbocycles. The molecule has 0 N–H and O–H groups in total. The number of imidazole rings is 1. The second kappa shape index (κ2) is 4.71. The minimum atomic E-state index is 0.912. The molecule has 5 aromatic rings. The van der Waals surface area contributed by atoms with Gasteiger partial charge < -0.3 is 8.98 Å². The summed E-state index contributed by atoms with van der Waals surface area (Å²) in [6, 6.07) is 20.7. The van der Waals surface area contributed by atoms with Gasteiger partial charge in [0.2, 0.25) is 0 Å². The molecule has 3 nitrogen and oxygen atoms in total. The molecule has 0 radical (unpaired) electrons. The molecule has 3 heteroatoms. The number of benzene rings is 3. The van der Waals surface area contributed by atoms with E-state index in [1.54, 1.807) is 0 Å². The van der Waals surface area contributed by atoms with E-state index in [4.69, 9.17) is 9.40 Å². The standard InChI is InChI=1S/C21H16N2O/c1-13-11-12-15-14-7-3-6-10-18(14)24-20(15)19(13)21-22-16-8-4-5-9-17(16)23(21)2/h3-12H,1-2H3. The lowest BCUT2D eigenvalue weighted by Crippen LogP contribution is -1.95. The van der Waals surface area contributed by atoms with E-state index in [1.807, 2.05) is 36.4 Å². The smallest absolute Gasteiger partial charge is 0.146 e. The van der Waals surface area contributed by atoms with Gasteiger partial charge in [0.15, 0.2) is 0 Å². The second-order valence-electron chi connectivity index (χ2n) is 6.22. The molecule has 0 unspecified atom stereocenters. The van der Waals surface area contributed by atoms with Gasteiger partial charge in [-0.1, -0.05) is 42.5 Å². The first kappa shape index (κ1) is 13.4. The summed E-state index contributed by atoms with van der Waals surface area (Å²) in [5, 5.41) is 2.28. The lowest BCUT2D eigenvalue weighted by atomic mass is 10.0. The van der Waals surface area contributed by atoms with E-state index in [2.05, 4.69) is 42.8 Å². The molecule has 0 atom stereocenters. The van der Waals surface area contributed by atoms with Crippen molar-refractivity contribution < 1.29 is 4.42 Å². The van der Waals surface area contributed by atoms with Gasteiger partial charge in [-0.15, -0.1) is 0 Å². The molecular formula is C21H16N2O. The predicted octanol–water partition coefficient (Wildman–Crippen LogP) is 5.45. The minimum Gasteiger partial charge on any atom is -0.455 e. The molecule has 0 aliphatic heterocycles. The van der Waals surface area contributed by atoms with Crippen LogP contribution in [0.2, 0.25) is 0 Å². The number of para-hydroxylation sites is 3. The van der Waals surface area contributed by atoms with Crippen molar-refractivity contribution in [3.05, 3.63) is 66.2 Å². The molecule has 0 spiro atoms. The molecule has 24 heavy (non-hydrogen) atoms. The molecule has 0 saturated carbocycles. The van der Waals surface area contributed by atoms with Crippen molar-refractivity contribution in [1.29, 1.82) is 0 Å². The topological polar surface area (TPSA) is 31.0 Å². The fourth-order valence-electron chi connectivity index (χ4n) is 3.53. The first-order valence-electron chi connectivity index (χ1n) is 8.07. The van der Waals surface area contributed by atoms with Crippen LogP contribution >= 0.6 is 0 Å². The minimum absolute atomic E-state index is 0.912. The number of hydrogen-bond donors (Lipinski definition) is 0. The van der Waals surface area contributed by atoms with Crippen LogP contribution in [0.3, 0.4) is 0 Å². The highest BCUT2D eigenvalue weighted by atomic mass is 16.3. The van der Waals surface area contributed by atoms with Gasteiger partial charge in [-0.3, -0.25) is 0 Å². The summed E-state index contributed by atoms with van der Waals surface area (Å²) in [6.45, 7) is 2.11. The Hall–Kier alpha value is -3.07. The third-order valence-corrected chi connectivity index (χ3v) is 4.77. The number of aromatic nitrogens is 2. The van der Waals surface area contributed by atoms with E-state index >= 15 is 0 Å². The van der Waals surface area contributed by atoms with E-state index < -0.39 is 0 Å².